The van der Waals surface area contributed by atoms with Crippen molar-refractivity contribution in [1.82, 2.24) is 10.2 Å². The van der Waals surface area contributed by atoms with Gasteiger partial charge in [-0.15, -0.1) is 0 Å². The molecule has 1 aliphatic heterocycles. The Hall–Kier alpha value is -1.75. The molecule has 2 rings (SSSR count). The molecule has 20 heavy (non-hydrogen) atoms. The molecule has 0 unspecified atom stereocenters. The van der Waals surface area contributed by atoms with E-state index in [1.807, 2.05) is 25.1 Å². The highest BCUT2D eigenvalue weighted by Gasteiger charge is 2.20. The van der Waals surface area contributed by atoms with Gasteiger partial charge in [0.1, 0.15) is 5.75 Å². The Balaban J connectivity index is 1.81. The van der Waals surface area contributed by atoms with Gasteiger partial charge in [0.15, 0.2) is 0 Å². The molecule has 1 aromatic rings. The number of aromatic hydroxyl groups is 1. The first-order valence-electron chi connectivity index (χ1n) is 7.22. The van der Waals surface area contributed by atoms with E-state index in [2.05, 4.69) is 15.1 Å². The van der Waals surface area contributed by atoms with Crippen molar-refractivity contribution in [1.29, 1.82) is 0 Å². The van der Waals surface area contributed by atoms with Gasteiger partial charge in [0.05, 0.1) is 12.2 Å². The number of hydrogen-bond acceptors (Lipinski definition) is 4. The standard InChI is InChI=1S/C15H23N3O2/c1-2-7-16-15(20)12-17-8-10-18(11-9-17)13-5-3-4-6-14(13)19/h3-6,19H,2,7-12H2,1H3,(H,16,20). The van der Waals surface area contributed by atoms with E-state index in [1.165, 1.54) is 0 Å². The summed E-state index contributed by atoms with van der Waals surface area (Å²) in [4.78, 5) is 16.0. The third-order valence-electron chi connectivity index (χ3n) is 3.53. The van der Waals surface area contributed by atoms with E-state index < -0.39 is 0 Å². The minimum absolute atomic E-state index is 0.0999. The monoisotopic (exact) mass is 277 g/mol. The van der Waals surface area contributed by atoms with Crippen LogP contribution < -0.4 is 10.2 Å². The molecular formula is C15H23N3O2. The van der Waals surface area contributed by atoms with Crippen LogP contribution in [0.2, 0.25) is 0 Å². The fourth-order valence-corrected chi connectivity index (χ4v) is 2.40. The smallest absolute Gasteiger partial charge is 0.234 e. The molecule has 0 aromatic heterocycles. The van der Waals surface area contributed by atoms with E-state index in [0.717, 1.165) is 44.8 Å². The molecule has 1 aliphatic rings. The van der Waals surface area contributed by atoms with Crippen molar-refractivity contribution in [2.24, 2.45) is 0 Å². The summed E-state index contributed by atoms with van der Waals surface area (Å²) in [6.07, 6.45) is 0.965. The lowest BCUT2D eigenvalue weighted by Gasteiger charge is -2.35. The normalized spacial score (nSPS) is 16.1. The lowest BCUT2D eigenvalue weighted by molar-refractivity contribution is -0.122. The second-order valence-electron chi connectivity index (χ2n) is 5.10. The van der Waals surface area contributed by atoms with E-state index >= 15 is 0 Å². The third-order valence-corrected chi connectivity index (χ3v) is 3.53. The molecule has 0 spiro atoms. The topological polar surface area (TPSA) is 55.8 Å². The maximum atomic E-state index is 11.7. The summed E-state index contributed by atoms with van der Waals surface area (Å²) in [5, 5.41) is 12.7. The van der Waals surface area contributed by atoms with Crippen LogP contribution in [0.5, 0.6) is 5.75 Å². The number of benzene rings is 1. The van der Waals surface area contributed by atoms with Crippen LogP contribution in [0.25, 0.3) is 0 Å². The maximum absolute atomic E-state index is 11.7. The number of phenolic OH excluding ortho intramolecular Hbond substituents is 1. The summed E-state index contributed by atoms with van der Waals surface area (Å²) in [6, 6.07) is 7.39. The van der Waals surface area contributed by atoms with Gasteiger partial charge in [0.2, 0.25) is 5.91 Å². The van der Waals surface area contributed by atoms with Crippen molar-refractivity contribution >= 4 is 11.6 Å². The fraction of sp³-hybridized carbons (Fsp3) is 0.533. The number of rotatable bonds is 5. The van der Waals surface area contributed by atoms with Crippen molar-refractivity contribution < 1.29 is 9.90 Å². The predicted octanol–water partition coefficient (Wildman–Crippen LogP) is 1.04. The first-order chi connectivity index (χ1) is 9.70. The molecule has 110 valence electrons. The highest BCUT2D eigenvalue weighted by Crippen LogP contribution is 2.26. The molecule has 0 saturated carbocycles. The summed E-state index contributed by atoms with van der Waals surface area (Å²) in [5.41, 5.74) is 0.877. The molecule has 1 fully saturated rings. The lowest BCUT2D eigenvalue weighted by Crippen LogP contribution is -2.49. The number of amides is 1. The van der Waals surface area contributed by atoms with Gasteiger partial charge in [-0.3, -0.25) is 9.69 Å². The molecule has 0 radical (unpaired) electrons. The van der Waals surface area contributed by atoms with Gasteiger partial charge in [0.25, 0.3) is 0 Å². The zero-order valence-electron chi connectivity index (χ0n) is 12.0. The molecule has 0 bridgehead atoms. The number of nitrogens with one attached hydrogen (secondary N) is 1. The number of anilines is 1. The number of hydrogen-bond donors (Lipinski definition) is 2. The Labute approximate surface area is 120 Å². The molecule has 1 amide bonds. The zero-order valence-corrected chi connectivity index (χ0v) is 12.0. The second kappa shape index (κ2) is 7.14. The van der Waals surface area contributed by atoms with E-state index in [1.54, 1.807) is 6.07 Å². The average molecular weight is 277 g/mol. The van der Waals surface area contributed by atoms with Crippen molar-refractivity contribution in [2.75, 3.05) is 44.2 Å². The summed E-state index contributed by atoms with van der Waals surface area (Å²) < 4.78 is 0. The molecule has 2 N–H and O–H groups in total. The van der Waals surface area contributed by atoms with Crippen molar-refractivity contribution in [3.05, 3.63) is 24.3 Å². The van der Waals surface area contributed by atoms with Crippen molar-refractivity contribution in [3.63, 3.8) is 0 Å². The maximum Gasteiger partial charge on any atom is 0.234 e. The number of nitrogens with zero attached hydrogens (tertiary/aromatic N) is 2. The van der Waals surface area contributed by atoms with Crippen molar-refractivity contribution in [2.45, 2.75) is 13.3 Å². The van der Waals surface area contributed by atoms with E-state index in [4.69, 9.17) is 0 Å². The number of carbonyl (C=O) groups excluding carboxylic acids is 1. The Morgan fingerprint density at radius 3 is 2.60 bits per heavy atom. The van der Waals surface area contributed by atoms with E-state index in [0.29, 0.717) is 12.3 Å². The van der Waals surface area contributed by atoms with Gasteiger partial charge in [-0.25, -0.2) is 0 Å². The number of carbonyl (C=O) groups is 1. The van der Waals surface area contributed by atoms with Crippen LogP contribution in [0.4, 0.5) is 5.69 Å². The number of piperazine rings is 1. The minimum Gasteiger partial charge on any atom is -0.506 e. The Bertz CT molecular complexity index is 442. The first kappa shape index (κ1) is 14.7. The van der Waals surface area contributed by atoms with Gasteiger partial charge in [-0.05, 0) is 18.6 Å². The molecule has 1 saturated heterocycles. The van der Waals surface area contributed by atoms with E-state index in [-0.39, 0.29) is 5.91 Å². The van der Waals surface area contributed by atoms with Crippen LogP contribution in [0.3, 0.4) is 0 Å². The minimum atomic E-state index is 0.0999. The van der Waals surface area contributed by atoms with Crippen LogP contribution >= 0.6 is 0 Å². The Kier molecular flexibility index (Phi) is 5.24. The summed E-state index contributed by atoms with van der Waals surface area (Å²) in [6.45, 7) is 6.61. The predicted molar refractivity (Wildman–Crippen MR) is 80.1 cm³/mol. The van der Waals surface area contributed by atoms with E-state index in [9.17, 15) is 9.90 Å². The third kappa shape index (κ3) is 3.87. The van der Waals surface area contributed by atoms with Gasteiger partial charge in [-0.2, -0.15) is 0 Å². The second-order valence-corrected chi connectivity index (χ2v) is 5.10. The van der Waals surface area contributed by atoms with Crippen LogP contribution in [0.15, 0.2) is 24.3 Å². The first-order valence-corrected chi connectivity index (χ1v) is 7.22. The molecule has 5 nitrogen and oxygen atoms in total. The molecule has 1 heterocycles. The number of phenols is 1. The lowest BCUT2D eigenvalue weighted by atomic mass is 10.2. The van der Waals surface area contributed by atoms with Crippen molar-refractivity contribution in [3.8, 4) is 5.75 Å². The molecular weight excluding hydrogens is 254 g/mol. The SMILES string of the molecule is CCCNC(=O)CN1CCN(c2ccccc2O)CC1. The molecule has 0 atom stereocenters. The quantitative estimate of drug-likeness (QED) is 0.844. The van der Waals surface area contributed by atoms with Gasteiger partial charge < -0.3 is 15.3 Å². The van der Waals surface area contributed by atoms with Crippen LogP contribution in [-0.4, -0.2) is 55.2 Å². The van der Waals surface area contributed by atoms with Crippen LogP contribution in [-0.2, 0) is 4.79 Å². The molecule has 1 aromatic carbocycles. The summed E-state index contributed by atoms with van der Waals surface area (Å²) in [7, 11) is 0. The van der Waals surface area contributed by atoms with Gasteiger partial charge in [0, 0.05) is 32.7 Å². The number of para-hydroxylation sites is 2. The van der Waals surface area contributed by atoms with Crippen LogP contribution in [0.1, 0.15) is 13.3 Å². The Morgan fingerprint density at radius 2 is 1.95 bits per heavy atom. The van der Waals surface area contributed by atoms with Crippen LogP contribution in [0, 0.1) is 0 Å². The molecule has 0 aliphatic carbocycles. The Morgan fingerprint density at radius 1 is 1.25 bits per heavy atom. The van der Waals surface area contributed by atoms with Gasteiger partial charge >= 0.3 is 0 Å². The van der Waals surface area contributed by atoms with Gasteiger partial charge in [-0.1, -0.05) is 19.1 Å². The average Bonchev–Trinajstić information content (AvgIpc) is 2.47. The molecule has 5 heteroatoms. The summed E-state index contributed by atoms with van der Waals surface area (Å²) >= 11 is 0. The zero-order chi connectivity index (χ0) is 14.4. The summed E-state index contributed by atoms with van der Waals surface area (Å²) in [5.74, 6) is 0.421. The highest BCUT2D eigenvalue weighted by molar-refractivity contribution is 5.78. The largest absolute Gasteiger partial charge is 0.506 e. The fourth-order valence-electron chi connectivity index (χ4n) is 2.40. The highest BCUT2D eigenvalue weighted by atomic mass is 16.3.